The van der Waals surface area contributed by atoms with Crippen LogP contribution in [0.3, 0.4) is 0 Å². The number of phenolic OH excluding ortho intramolecular Hbond substituents is 1. The molecule has 3 nitrogen and oxygen atoms in total. The molecule has 0 radical (unpaired) electrons. The molecule has 17 heavy (non-hydrogen) atoms. The molecule has 1 aliphatic carbocycles. The third-order valence-corrected chi connectivity index (χ3v) is 4.21. The molecule has 1 aromatic carbocycles. The second kappa shape index (κ2) is 4.26. The molecule has 92 valence electrons. The fourth-order valence-corrected chi connectivity index (χ4v) is 3.04. The number of benzene rings is 1. The lowest BCUT2D eigenvalue weighted by atomic mass is 9.90. The number of carboxylic acids is 1. The van der Waals surface area contributed by atoms with Gasteiger partial charge >= 0.3 is 5.97 Å². The van der Waals surface area contributed by atoms with Crippen LogP contribution in [0.2, 0.25) is 0 Å². The summed E-state index contributed by atoms with van der Waals surface area (Å²) in [4.78, 5) is 11.9. The zero-order valence-corrected chi connectivity index (χ0v) is 10.8. The molecular weight excluding hydrogens is 236 g/mol. The average molecular weight is 252 g/mol. The summed E-state index contributed by atoms with van der Waals surface area (Å²) in [5, 5.41) is 19.2. The summed E-state index contributed by atoms with van der Waals surface area (Å²) in [7, 11) is 0. The molecule has 2 rings (SSSR count). The Labute approximate surface area is 105 Å². The number of carbonyl (C=O) groups is 1. The monoisotopic (exact) mass is 252 g/mol. The number of carboxylic acid groups (broad SMARTS) is 1. The SMILES string of the molecule is CSc1ccc(C)c(O)c1C1(CC(=O)O)CC1. The van der Waals surface area contributed by atoms with Crippen LogP contribution in [0, 0.1) is 6.92 Å². The van der Waals surface area contributed by atoms with Gasteiger partial charge in [0.2, 0.25) is 0 Å². The Hall–Kier alpha value is -1.16. The Bertz CT molecular complexity index is 464. The number of phenols is 1. The predicted molar refractivity (Wildman–Crippen MR) is 67.8 cm³/mol. The minimum atomic E-state index is -0.796. The maximum absolute atomic E-state index is 10.9. The zero-order chi connectivity index (χ0) is 12.6. The highest BCUT2D eigenvalue weighted by atomic mass is 32.2. The van der Waals surface area contributed by atoms with E-state index in [0.29, 0.717) is 0 Å². The highest BCUT2D eigenvalue weighted by Crippen LogP contribution is 2.56. The molecule has 0 aromatic heterocycles. The van der Waals surface area contributed by atoms with Crippen molar-refractivity contribution in [2.75, 3.05) is 6.26 Å². The lowest BCUT2D eigenvalue weighted by Gasteiger charge is -2.19. The van der Waals surface area contributed by atoms with Crippen molar-refractivity contribution in [2.45, 2.75) is 36.5 Å². The molecule has 1 fully saturated rings. The van der Waals surface area contributed by atoms with Gasteiger partial charge in [-0.25, -0.2) is 0 Å². The highest BCUT2D eigenvalue weighted by Gasteiger charge is 2.49. The van der Waals surface area contributed by atoms with Gasteiger partial charge in [-0.2, -0.15) is 0 Å². The number of aliphatic carboxylic acids is 1. The summed E-state index contributed by atoms with van der Waals surface area (Å²) in [6.45, 7) is 1.85. The number of hydrogen-bond donors (Lipinski definition) is 2. The zero-order valence-electron chi connectivity index (χ0n) is 9.99. The first-order valence-corrected chi connectivity index (χ1v) is 6.81. The molecule has 0 spiro atoms. The molecular formula is C13H16O3S. The van der Waals surface area contributed by atoms with Crippen molar-refractivity contribution in [2.24, 2.45) is 0 Å². The lowest BCUT2D eigenvalue weighted by molar-refractivity contribution is -0.137. The van der Waals surface area contributed by atoms with Gasteiger partial charge in [-0.1, -0.05) is 6.07 Å². The summed E-state index contributed by atoms with van der Waals surface area (Å²) in [5.41, 5.74) is 1.32. The van der Waals surface area contributed by atoms with Crippen LogP contribution in [0.15, 0.2) is 17.0 Å². The minimum absolute atomic E-state index is 0.109. The van der Waals surface area contributed by atoms with Crippen LogP contribution in [0.5, 0.6) is 5.75 Å². The average Bonchev–Trinajstić information content (AvgIpc) is 3.01. The molecule has 1 aliphatic rings. The first-order valence-electron chi connectivity index (χ1n) is 5.59. The third-order valence-electron chi connectivity index (χ3n) is 3.43. The Kier molecular flexibility index (Phi) is 3.08. The molecule has 0 heterocycles. The molecule has 2 N–H and O–H groups in total. The van der Waals surface area contributed by atoms with Crippen LogP contribution in [-0.2, 0) is 10.2 Å². The number of hydrogen-bond acceptors (Lipinski definition) is 3. The van der Waals surface area contributed by atoms with Gasteiger partial charge in [0.1, 0.15) is 5.75 Å². The Morgan fingerprint density at radius 3 is 2.59 bits per heavy atom. The third kappa shape index (κ3) is 2.14. The first-order chi connectivity index (χ1) is 8.00. The van der Waals surface area contributed by atoms with E-state index in [1.54, 1.807) is 11.8 Å². The first kappa shape index (κ1) is 12.3. The maximum atomic E-state index is 10.9. The number of rotatable bonds is 4. The predicted octanol–water partition coefficient (Wildman–Crippen LogP) is 2.93. The van der Waals surface area contributed by atoms with Crippen LogP contribution in [0.25, 0.3) is 0 Å². The van der Waals surface area contributed by atoms with Crippen molar-refractivity contribution in [3.63, 3.8) is 0 Å². The largest absolute Gasteiger partial charge is 0.507 e. The van der Waals surface area contributed by atoms with Crippen LogP contribution in [0.1, 0.15) is 30.4 Å². The lowest BCUT2D eigenvalue weighted by Crippen LogP contribution is -2.14. The Balaban J connectivity index is 2.50. The maximum Gasteiger partial charge on any atom is 0.304 e. The quantitative estimate of drug-likeness (QED) is 0.809. The Morgan fingerprint density at radius 1 is 1.47 bits per heavy atom. The van der Waals surface area contributed by atoms with Crippen molar-refractivity contribution in [3.8, 4) is 5.75 Å². The molecule has 0 unspecified atom stereocenters. The summed E-state index contributed by atoms with van der Waals surface area (Å²) < 4.78 is 0. The van der Waals surface area contributed by atoms with Gasteiger partial charge in [-0.3, -0.25) is 4.79 Å². The van der Waals surface area contributed by atoms with Crippen molar-refractivity contribution in [3.05, 3.63) is 23.3 Å². The van der Waals surface area contributed by atoms with E-state index in [2.05, 4.69) is 0 Å². The van der Waals surface area contributed by atoms with E-state index in [1.807, 2.05) is 25.3 Å². The standard InChI is InChI=1S/C13H16O3S/c1-8-3-4-9(17-2)11(12(8)16)13(5-6-13)7-10(14)15/h3-4,16H,5-7H2,1-2H3,(H,14,15). The van der Waals surface area contributed by atoms with Crippen LogP contribution >= 0.6 is 11.8 Å². The normalized spacial score (nSPS) is 16.8. The topological polar surface area (TPSA) is 57.5 Å². The molecule has 0 amide bonds. The van der Waals surface area contributed by atoms with Crippen molar-refractivity contribution < 1.29 is 15.0 Å². The molecule has 4 heteroatoms. The van der Waals surface area contributed by atoms with E-state index in [4.69, 9.17) is 5.11 Å². The second-order valence-corrected chi connectivity index (χ2v) is 5.51. The Morgan fingerprint density at radius 2 is 2.12 bits per heavy atom. The van der Waals surface area contributed by atoms with Crippen molar-refractivity contribution in [1.82, 2.24) is 0 Å². The van der Waals surface area contributed by atoms with Gasteiger partial charge in [0.25, 0.3) is 0 Å². The van der Waals surface area contributed by atoms with E-state index in [-0.39, 0.29) is 17.6 Å². The van der Waals surface area contributed by atoms with E-state index < -0.39 is 5.97 Å². The van der Waals surface area contributed by atoms with E-state index >= 15 is 0 Å². The van der Waals surface area contributed by atoms with Crippen LogP contribution < -0.4 is 0 Å². The molecule has 1 aromatic rings. The number of aromatic hydroxyl groups is 1. The summed E-state index contributed by atoms with van der Waals surface area (Å²) in [6, 6.07) is 3.85. The molecule has 0 atom stereocenters. The molecule has 0 aliphatic heterocycles. The fraction of sp³-hybridized carbons (Fsp3) is 0.462. The number of aryl methyl sites for hydroxylation is 1. The van der Waals surface area contributed by atoms with Gasteiger partial charge in [0.05, 0.1) is 6.42 Å². The van der Waals surface area contributed by atoms with E-state index in [9.17, 15) is 9.90 Å². The minimum Gasteiger partial charge on any atom is -0.507 e. The van der Waals surface area contributed by atoms with Gasteiger partial charge in [0, 0.05) is 15.9 Å². The van der Waals surface area contributed by atoms with Gasteiger partial charge in [-0.15, -0.1) is 11.8 Å². The van der Waals surface area contributed by atoms with Gasteiger partial charge < -0.3 is 10.2 Å². The second-order valence-electron chi connectivity index (χ2n) is 4.66. The van der Waals surface area contributed by atoms with Crippen LogP contribution in [0.4, 0.5) is 0 Å². The van der Waals surface area contributed by atoms with Crippen molar-refractivity contribution in [1.29, 1.82) is 0 Å². The van der Waals surface area contributed by atoms with Gasteiger partial charge in [-0.05, 0) is 37.7 Å². The summed E-state index contributed by atoms with van der Waals surface area (Å²) >= 11 is 1.56. The smallest absolute Gasteiger partial charge is 0.304 e. The molecule has 1 saturated carbocycles. The number of thioether (sulfide) groups is 1. The molecule has 0 bridgehead atoms. The summed E-state index contributed by atoms with van der Waals surface area (Å²) in [5.74, 6) is -0.522. The van der Waals surface area contributed by atoms with E-state index in [1.165, 1.54) is 0 Å². The van der Waals surface area contributed by atoms with Gasteiger partial charge in [0.15, 0.2) is 0 Å². The molecule has 0 saturated heterocycles. The summed E-state index contributed by atoms with van der Waals surface area (Å²) in [6.07, 6.45) is 3.76. The fourth-order valence-electron chi connectivity index (χ4n) is 2.31. The highest BCUT2D eigenvalue weighted by molar-refractivity contribution is 7.98. The van der Waals surface area contributed by atoms with E-state index in [0.717, 1.165) is 28.9 Å². The van der Waals surface area contributed by atoms with Crippen molar-refractivity contribution >= 4 is 17.7 Å². The van der Waals surface area contributed by atoms with Crippen LogP contribution in [-0.4, -0.2) is 22.4 Å².